The van der Waals surface area contributed by atoms with Crippen molar-refractivity contribution < 1.29 is 36.6 Å². The van der Waals surface area contributed by atoms with Gasteiger partial charge in [0.15, 0.2) is 11.5 Å². The van der Waals surface area contributed by atoms with Gasteiger partial charge in [-0.1, -0.05) is 30.3 Å². The van der Waals surface area contributed by atoms with Crippen LogP contribution in [0.5, 0.6) is 17.2 Å². The van der Waals surface area contributed by atoms with Gasteiger partial charge in [0.05, 0.1) is 12.2 Å². The van der Waals surface area contributed by atoms with Crippen LogP contribution in [0.25, 0.3) is 11.3 Å². The summed E-state index contributed by atoms with van der Waals surface area (Å²) >= 11 is 0. The molecule has 3 aromatic rings. The molecule has 1 N–H and O–H groups in total. The lowest BCUT2D eigenvalue weighted by atomic mass is 10.0. The molecule has 0 bridgehead atoms. The van der Waals surface area contributed by atoms with Crippen LogP contribution in [-0.4, -0.2) is 37.5 Å². The van der Waals surface area contributed by atoms with Crippen molar-refractivity contribution in [2.45, 2.75) is 12.9 Å². The van der Waals surface area contributed by atoms with E-state index in [0.29, 0.717) is 16.9 Å². The highest BCUT2D eigenvalue weighted by Crippen LogP contribution is 2.43. The maximum Gasteiger partial charge on any atom is 0.586 e. The number of hydrogen-bond donors (Lipinski definition) is 1. The summed E-state index contributed by atoms with van der Waals surface area (Å²) in [5, 5.41) is 1.36. The molecule has 2 aliphatic heterocycles. The second-order valence-corrected chi connectivity index (χ2v) is 7.96. The predicted octanol–water partition coefficient (Wildman–Crippen LogP) is 5.55. The maximum atomic E-state index is 13.4. The Kier molecular flexibility index (Phi) is 5.83. The number of hydrogen-bond acceptors (Lipinski definition) is 5. The van der Waals surface area contributed by atoms with Gasteiger partial charge in [-0.3, -0.25) is 10.3 Å². The van der Waals surface area contributed by atoms with Crippen LogP contribution < -0.4 is 24.5 Å². The van der Waals surface area contributed by atoms with E-state index in [1.807, 2.05) is 30.3 Å². The summed E-state index contributed by atoms with van der Waals surface area (Å²) in [6, 6.07) is 19.0. The number of fused-ring (bicyclic) bond motifs is 1. The lowest BCUT2D eigenvalue weighted by Crippen LogP contribution is -2.45. The van der Waals surface area contributed by atoms with E-state index in [2.05, 4.69) is 19.6 Å². The highest BCUT2D eigenvalue weighted by Gasteiger charge is 2.43. The molecule has 0 saturated heterocycles. The minimum atomic E-state index is -3.76. The van der Waals surface area contributed by atoms with Crippen LogP contribution in [0.1, 0.15) is 11.1 Å². The number of nitrogens with one attached hydrogen (secondary N) is 1. The lowest BCUT2D eigenvalue weighted by Gasteiger charge is -2.25. The summed E-state index contributed by atoms with van der Waals surface area (Å²) in [4.78, 5) is 14.6. The largest absolute Gasteiger partial charge is 0.586 e. The Hall–Kier alpha value is -4.41. The monoisotopic (exact) mass is 501 g/mol. The van der Waals surface area contributed by atoms with Gasteiger partial charge in [0.1, 0.15) is 5.75 Å². The molecule has 0 aromatic heterocycles. The topological polar surface area (TPSA) is 63.3 Å². The number of benzene rings is 3. The van der Waals surface area contributed by atoms with Crippen molar-refractivity contribution >= 4 is 23.0 Å². The van der Waals surface area contributed by atoms with E-state index < -0.39 is 18.9 Å². The van der Waals surface area contributed by atoms with E-state index in [-0.39, 0.29) is 23.8 Å². The summed E-state index contributed by atoms with van der Waals surface area (Å²) in [6.07, 6.45) is -3.76. The van der Waals surface area contributed by atoms with E-state index in [1.54, 1.807) is 12.1 Å². The number of rotatable bonds is 5. The standard InChI is InChI=1S/C25H19F4N3O4/c1-31(17-9-12-20-21(13-17)36-25(28,29)35-20)24(33)32-14-19(15-5-3-2-4-6-15)22(30-32)16-7-10-18(11-8-16)34-23(26)27/h2-13,23,30H,14H2,1H3. The number of carbonyl (C=O) groups excluding carboxylic acids is 1. The van der Waals surface area contributed by atoms with Gasteiger partial charge in [0.2, 0.25) is 0 Å². The van der Waals surface area contributed by atoms with Crippen molar-refractivity contribution in [3.05, 3.63) is 83.9 Å². The van der Waals surface area contributed by atoms with Gasteiger partial charge in [0, 0.05) is 29.9 Å². The first kappa shape index (κ1) is 23.3. The molecule has 2 amide bonds. The molecule has 0 radical (unpaired) electrons. The molecule has 2 heterocycles. The summed E-state index contributed by atoms with van der Waals surface area (Å²) in [6.45, 7) is -2.76. The quantitative estimate of drug-likeness (QED) is 0.465. The molecule has 5 rings (SSSR count). The van der Waals surface area contributed by atoms with Crippen molar-refractivity contribution in [2.24, 2.45) is 0 Å². The number of ether oxygens (including phenoxy) is 3. The fourth-order valence-corrected chi connectivity index (χ4v) is 3.95. The molecule has 186 valence electrons. The van der Waals surface area contributed by atoms with Crippen LogP contribution in [0.4, 0.5) is 28.0 Å². The summed E-state index contributed by atoms with van der Waals surface area (Å²) < 4.78 is 65.1. The first-order valence-corrected chi connectivity index (χ1v) is 10.8. The highest BCUT2D eigenvalue weighted by atomic mass is 19.3. The van der Waals surface area contributed by atoms with Crippen LogP contribution in [-0.2, 0) is 0 Å². The highest BCUT2D eigenvalue weighted by molar-refractivity contribution is 5.99. The molecule has 0 unspecified atom stereocenters. The van der Waals surface area contributed by atoms with Crippen molar-refractivity contribution in [3.8, 4) is 17.2 Å². The van der Waals surface area contributed by atoms with E-state index >= 15 is 0 Å². The van der Waals surface area contributed by atoms with Gasteiger partial charge in [-0.25, -0.2) is 9.80 Å². The third kappa shape index (κ3) is 4.59. The second-order valence-electron chi connectivity index (χ2n) is 7.96. The normalized spacial score (nSPS) is 15.8. The molecule has 7 nitrogen and oxygen atoms in total. The van der Waals surface area contributed by atoms with Crippen molar-refractivity contribution in [3.63, 3.8) is 0 Å². The smallest absolute Gasteiger partial charge is 0.435 e. The Balaban J connectivity index is 1.40. The number of amides is 2. The molecular weight excluding hydrogens is 482 g/mol. The number of anilines is 1. The third-order valence-electron chi connectivity index (χ3n) is 5.65. The molecular formula is C25H19F4N3O4. The Labute approximate surface area is 203 Å². The summed E-state index contributed by atoms with van der Waals surface area (Å²) in [7, 11) is 1.50. The third-order valence-corrected chi connectivity index (χ3v) is 5.65. The molecule has 11 heteroatoms. The molecule has 36 heavy (non-hydrogen) atoms. The molecule has 0 spiro atoms. The number of alkyl halides is 4. The van der Waals surface area contributed by atoms with Gasteiger partial charge in [0.25, 0.3) is 0 Å². The Morgan fingerprint density at radius 3 is 2.39 bits per heavy atom. The van der Waals surface area contributed by atoms with Gasteiger partial charge < -0.3 is 14.2 Å². The first-order valence-electron chi connectivity index (χ1n) is 10.8. The predicted molar refractivity (Wildman–Crippen MR) is 123 cm³/mol. The molecule has 0 atom stereocenters. The number of urea groups is 1. The van der Waals surface area contributed by atoms with Crippen LogP contribution in [0.3, 0.4) is 0 Å². The number of hydrazine groups is 1. The van der Waals surface area contributed by atoms with Gasteiger partial charge in [-0.2, -0.15) is 8.78 Å². The second kappa shape index (κ2) is 8.99. The minimum Gasteiger partial charge on any atom is -0.435 e. The van der Waals surface area contributed by atoms with Crippen LogP contribution >= 0.6 is 0 Å². The fraction of sp³-hybridized carbons (Fsp3) is 0.160. The first-order chi connectivity index (χ1) is 17.2. The van der Waals surface area contributed by atoms with Crippen LogP contribution in [0, 0.1) is 0 Å². The average Bonchev–Trinajstić information content (AvgIpc) is 3.43. The molecule has 0 fully saturated rings. The zero-order valence-electron chi connectivity index (χ0n) is 18.8. The zero-order valence-corrected chi connectivity index (χ0v) is 18.8. The Bertz CT molecular complexity index is 1320. The SMILES string of the molecule is CN(C(=O)N1CC(c2ccccc2)=C(c2ccc(OC(F)F)cc2)N1)c1ccc2c(c1)OC(F)(F)O2. The maximum absolute atomic E-state index is 13.4. The number of carbonyl (C=O) groups is 1. The number of halogens is 4. The van der Waals surface area contributed by atoms with Crippen molar-refractivity contribution in [1.82, 2.24) is 10.4 Å². The van der Waals surface area contributed by atoms with E-state index in [0.717, 1.165) is 11.1 Å². The average molecular weight is 501 g/mol. The lowest BCUT2D eigenvalue weighted by molar-refractivity contribution is -0.286. The Morgan fingerprint density at radius 2 is 1.69 bits per heavy atom. The van der Waals surface area contributed by atoms with Gasteiger partial charge >= 0.3 is 18.9 Å². The zero-order chi connectivity index (χ0) is 25.4. The summed E-state index contributed by atoms with van der Waals surface area (Å²) in [5.74, 6) is -0.297. The van der Waals surface area contributed by atoms with Gasteiger partial charge in [-0.15, -0.1) is 8.78 Å². The molecule has 0 saturated carbocycles. The fourth-order valence-electron chi connectivity index (χ4n) is 3.95. The van der Waals surface area contributed by atoms with Gasteiger partial charge in [-0.05, 0) is 42.0 Å². The van der Waals surface area contributed by atoms with E-state index in [1.165, 1.54) is 47.3 Å². The van der Waals surface area contributed by atoms with E-state index in [9.17, 15) is 22.4 Å². The number of nitrogens with zero attached hydrogens (tertiary/aromatic N) is 2. The van der Waals surface area contributed by atoms with Crippen molar-refractivity contribution in [2.75, 3.05) is 18.5 Å². The van der Waals surface area contributed by atoms with Crippen molar-refractivity contribution in [1.29, 1.82) is 0 Å². The summed E-state index contributed by atoms with van der Waals surface area (Å²) in [5.41, 5.74) is 6.31. The molecule has 3 aromatic carbocycles. The molecule has 2 aliphatic rings. The van der Waals surface area contributed by atoms with Crippen LogP contribution in [0.2, 0.25) is 0 Å². The molecule has 0 aliphatic carbocycles. The Morgan fingerprint density at radius 1 is 1.00 bits per heavy atom. The van der Waals surface area contributed by atoms with E-state index in [4.69, 9.17) is 0 Å². The minimum absolute atomic E-state index is 0.00894. The van der Waals surface area contributed by atoms with Crippen LogP contribution in [0.15, 0.2) is 72.8 Å².